The second-order valence-electron chi connectivity index (χ2n) is 4.79. The van der Waals surface area contributed by atoms with E-state index in [-0.39, 0.29) is 11.7 Å². The van der Waals surface area contributed by atoms with Crippen molar-refractivity contribution in [2.24, 2.45) is 5.92 Å². The molecule has 1 aliphatic carbocycles. The predicted molar refractivity (Wildman–Crippen MR) is 75.5 cm³/mol. The van der Waals surface area contributed by atoms with Crippen molar-refractivity contribution in [2.45, 2.75) is 32.3 Å². The Labute approximate surface area is 120 Å². The number of hydrogen-bond donors (Lipinski definition) is 1. The van der Waals surface area contributed by atoms with E-state index >= 15 is 0 Å². The first-order valence-corrected chi connectivity index (χ1v) is 7.24. The lowest BCUT2D eigenvalue weighted by Crippen LogP contribution is -2.33. The number of nitrogens with one attached hydrogen (secondary N) is 1. The van der Waals surface area contributed by atoms with Crippen LogP contribution >= 0.6 is 15.9 Å². The fourth-order valence-corrected chi connectivity index (χ4v) is 2.72. The van der Waals surface area contributed by atoms with Gasteiger partial charge >= 0.3 is 0 Å². The molecule has 0 radical (unpaired) electrons. The first-order chi connectivity index (χ1) is 9.08. The molecular weight excluding hydrogens is 313 g/mol. The largest absolute Gasteiger partial charge is 0.378 e. The molecule has 0 aliphatic heterocycles. The summed E-state index contributed by atoms with van der Waals surface area (Å²) in [5, 5.41) is 2.79. The maximum Gasteiger partial charge on any atom is 0.224 e. The van der Waals surface area contributed by atoms with E-state index in [2.05, 4.69) is 21.2 Å². The minimum Gasteiger partial charge on any atom is -0.378 e. The third-order valence-corrected chi connectivity index (χ3v) is 3.93. The minimum absolute atomic E-state index is 0.0349. The second kappa shape index (κ2) is 6.48. The normalized spacial score (nSPS) is 21.8. The molecule has 3 nitrogen and oxygen atoms in total. The molecule has 2 rings (SSSR count). The summed E-state index contributed by atoms with van der Waals surface area (Å²) in [5.74, 6) is 0.0338. The molecular formula is C14H17BrFNO2. The number of hydrogen-bond acceptors (Lipinski definition) is 2. The van der Waals surface area contributed by atoms with Crippen LogP contribution in [-0.4, -0.2) is 18.6 Å². The molecule has 0 aromatic heterocycles. The van der Waals surface area contributed by atoms with E-state index in [9.17, 15) is 9.18 Å². The van der Waals surface area contributed by atoms with Gasteiger partial charge in [-0.3, -0.25) is 4.79 Å². The molecule has 0 atom stereocenters. The van der Waals surface area contributed by atoms with Gasteiger partial charge in [-0.2, -0.15) is 0 Å². The molecule has 1 aromatic carbocycles. The number of benzene rings is 1. The Hall–Kier alpha value is -0.940. The van der Waals surface area contributed by atoms with Crippen LogP contribution in [-0.2, 0) is 9.53 Å². The van der Waals surface area contributed by atoms with E-state index in [1.54, 1.807) is 6.07 Å². The van der Waals surface area contributed by atoms with Crippen LogP contribution in [0.25, 0.3) is 0 Å². The Morgan fingerprint density at radius 3 is 2.89 bits per heavy atom. The van der Waals surface area contributed by atoms with E-state index in [1.807, 2.05) is 6.92 Å². The van der Waals surface area contributed by atoms with E-state index in [0.29, 0.717) is 28.6 Å². The van der Waals surface area contributed by atoms with Crippen molar-refractivity contribution in [3.05, 3.63) is 28.5 Å². The molecule has 104 valence electrons. The molecule has 1 saturated carbocycles. The monoisotopic (exact) mass is 329 g/mol. The summed E-state index contributed by atoms with van der Waals surface area (Å²) in [7, 11) is 0. The first-order valence-electron chi connectivity index (χ1n) is 6.45. The third-order valence-electron chi connectivity index (χ3n) is 3.27. The summed E-state index contributed by atoms with van der Waals surface area (Å²) >= 11 is 3.23. The van der Waals surface area contributed by atoms with Crippen LogP contribution in [0.15, 0.2) is 22.7 Å². The smallest absolute Gasteiger partial charge is 0.224 e. The zero-order valence-corrected chi connectivity index (χ0v) is 12.4. The molecule has 0 heterocycles. The Kier molecular flexibility index (Phi) is 4.93. The van der Waals surface area contributed by atoms with Gasteiger partial charge in [-0.1, -0.05) is 0 Å². The number of carbonyl (C=O) groups excluding carboxylic acids is 1. The quantitative estimate of drug-likeness (QED) is 0.893. The maximum atomic E-state index is 12.9. The van der Waals surface area contributed by atoms with Gasteiger partial charge in [0.05, 0.1) is 11.8 Å². The Bertz CT molecular complexity index is 461. The average Bonchev–Trinajstić information content (AvgIpc) is 2.30. The van der Waals surface area contributed by atoms with Crippen molar-refractivity contribution >= 4 is 27.5 Å². The van der Waals surface area contributed by atoms with Crippen molar-refractivity contribution in [2.75, 3.05) is 11.9 Å². The third kappa shape index (κ3) is 4.01. The number of anilines is 1. The van der Waals surface area contributed by atoms with Gasteiger partial charge in [0.25, 0.3) is 0 Å². The van der Waals surface area contributed by atoms with Gasteiger partial charge in [-0.15, -0.1) is 0 Å². The molecule has 0 saturated heterocycles. The van der Waals surface area contributed by atoms with Crippen LogP contribution < -0.4 is 5.32 Å². The molecule has 1 aromatic rings. The van der Waals surface area contributed by atoms with Crippen LogP contribution in [0.3, 0.4) is 0 Å². The van der Waals surface area contributed by atoms with Gasteiger partial charge in [0.1, 0.15) is 5.82 Å². The number of carbonyl (C=O) groups is 1. The Balaban J connectivity index is 1.79. The summed E-state index contributed by atoms with van der Waals surface area (Å²) in [4.78, 5) is 11.9. The molecule has 1 fully saturated rings. The standard InChI is InChI=1S/C14H17BrFNO2/c1-2-19-11-5-9(6-11)7-14(18)17-13-4-3-10(16)8-12(13)15/h3-4,8-9,11H,2,5-7H2,1H3,(H,17,18). The SMILES string of the molecule is CCOC1CC(CC(=O)Nc2ccc(F)cc2Br)C1. The summed E-state index contributed by atoms with van der Waals surface area (Å²) in [6.07, 6.45) is 2.71. The van der Waals surface area contributed by atoms with Crippen LogP contribution in [0.5, 0.6) is 0 Å². The van der Waals surface area contributed by atoms with Gasteiger partial charge in [0, 0.05) is 17.5 Å². The van der Waals surface area contributed by atoms with Crippen LogP contribution in [0.4, 0.5) is 10.1 Å². The topological polar surface area (TPSA) is 38.3 Å². The fourth-order valence-electron chi connectivity index (χ4n) is 2.27. The second-order valence-corrected chi connectivity index (χ2v) is 5.65. The Morgan fingerprint density at radius 2 is 2.26 bits per heavy atom. The van der Waals surface area contributed by atoms with E-state index in [4.69, 9.17) is 4.74 Å². The number of rotatable bonds is 5. The van der Waals surface area contributed by atoms with Crippen molar-refractivity contribution in [1.29, 1.82) is 0 Å². The molecule has 0 spiro atoms. The summed E-state index contributed by atoms with van der Waals surface area (Å²) in [5.41, 5.74) is 0.604. The van der Waals surface area contributed by atoms with Gasteiger partial charge in [0.2, 0.25) is 5.91 Å². The predicted octanol–water partition coefficient (Wildman–Crippen LogP) is 3.73. The van der Waals surface area contributed by atoms with Gasteiger partial charge in [0.15, 0.2) is 0 Å². The lowest BCUT2D eigenvalue weighted by atomic mass is 9.80. The highest BCUT2D eigenvalue weighted by Gasteiger charge is 2.31. The van der Waals surface area contributed by atoms with Crippen LogP contribution in [0, 0.1) is 11.7 Å². The molecule has 1 amide bonds. The van der Waals surface area contributed by atoms with Crippen LogP contribution in [0.2, 0.25) is 0 Å². The number of halogens is 2. The van der Waals surface area contributed by atoms with Crippen LogP contribution in [0.1, 0.15) is 26.2 Å². The number of ether oxygens (including phenoxy) is 1. The van der Waals surface area contributed by atoms with Gasteiger partial charge < -0.3 is 10.1 Å². The van der Waals surface area contributed by atoms with Crippen molar-refractivity contribution in [3.8, 4) is 0 Å². The zero-order chi connectivity index (χ0) is 13.8. The van der Waals surface area contributed by atoms with Crippen molar-refractivity contribution in [1.82, 2.24) is 0 Å². The molecule has 1 aliphatic rings. The maximum absolute atomic E-state index is 12.9. The average molecular weight is 330 g/mol. The first kappa shape index (κ1) is 14.5. The van der Waals surface area contributed by atoms with E-state index in [1.165, 1.54) is 12.1 Å². The van der Waals surface area contributed by atoms with E-state index in [0.717, 1.165) is 19.4 Å². The lowest BCUT2D eigenvalue weighted by Gasteiger charge is -2.34. The lowest BCUT2D eigenvalue weighted by molar-refractivity contribution is -0.119. The molecule has 5 heteroatoms. The van der Waals surface area contributed by atoms with Crippen molar-refractivity contribution < 1.29 is 13.9 Å². The van der Waals surface area contributed by atoms with Gasteiger partial charge in [-0.05, 0) is 59.8 Å². The van der Waals surface area contributed by atoms with Gasteiger partial charge in [-0.25, -0.2) is 4.39 Å². The molecule has 0 unspecified atom stereocenters. The number of amides is 1. The molecule has 0 bridgehead atoms. The Morgan fingerprint density at radius 1 is 1.53 bits per heavy atom. The highest BCUT2D eigenvalue weighted by atomic mass is 79.9. The zero-order valence-electron chi connectivity index (χ0n) is 10.8. The summed E-state index contributed by atoms with van der Waals surface area (Å²) in [6.45, 7) is 2.71. The minimum atomic E-state index is -0.330. The van der Waals surface area contributed by atoms with Crippen molar-refractivity contribution in [3.63, 3.8) is 0 Å². The highest BCUT2D eigenvalue weighted by molar-refractivity contribution is 9.10. The van der Waals surface area contributed by atoms with E-state index < -0.39 is 0 Å². The summed E-state index contributed by atoms with van der Waals surface area (Å²) in [6, 6.07) is 4.22. The fraction of sp³-hybridized carbons (Fsp3) is 0.500. The highest BCUT2D eigenvalue weighted by Crippen LogP contribution is 2.33. The molecule has 19 heavy (non-hydrogen) atoms. The summed E-state index contributed by atoms with van der Waals surface area (Å²) < 4.78 is 18.9. The molecule has 1 N–H and O–H groups in total.